The molecular weight excluding hydrogens is 204 g/mol. The third-order valence-electron chi connectivity index (χ3n) is 2.79. The van der Waals surface area contributed by atoms with Crippen molar-refractivity contribution >= 4 is 17.1 Å². The highest BCUT2D eigenvalue weighted by Gasteiger charge is 2.26. The van der Waals surface area contributed by atoms with Crippen LogP contribution in [0.15, 0.2) is 12.1 Å². The van der Waals surface area contributed by atoms with Crippen LogP contribution in [0.3, 0.4) is 0 Å². The number of hydrogen-bond acceptors (Lipinski definition) is 2. The molecule has 1 aromatic heterocycles. The summed E-state index contributed by atoms with van der Waals surface area (Å²) in [7, 11) is 0. The van der Waals surface area contributed by atoms with Crippen molar-refractivity contribution in [3.63, 3.8) is 0 Å². The summed E-state index contributed by atoms with van der Waals surface area (Å²) < 4.78 is 0. The molecule has 1 nitrogen and oxygen atoms in total. The Balaban J connectivity index is 2.08. The van der Waals surface area contributed by atoms with Gasteiger partial charge >= 0.3 is 0 Å². The molecule has 0 atom stereocenters. The van der Waals surface area contributed by atoms with Crippen LogP contribution in [0.1, 0.15) is 54.6 Å². The van der Waals surface area contributed by atoms with Crippen molar-refractivity contribution in [1.29, 1.82) is 0 Å². The van der Waals surface area contributed by atoms with E-state index < -0.39 is 0 Å². The first-order chi connectivity index (χ1) is 6.97. The Bertz CT molecular complexity index is 366. The van der Waals surface area contributed by atoms with Crippen LogP contribution in [0, 0.1) is 5.92 Å². The average Bonchev–Trinajstić information content (AvgIpc) is 2.80. The van der Waals surface area contributed by atoms with E-state index in [4.69, 9.17) is 0 Å². The Morgan fingerprint density at radius 3 is 2.53 bits per heavy atom. The van der Waals surface area contributed by atoms with Crippen molar-refractivity contribution < 1.29 is 4.79 Å². The molecule has 0 N–H and O–H groups in total. The number of carbonyl (C=O) groups is 1. The number of hydrogen-bond donors (Lipinski definition) is 0. The van der Waals surface area contributed by atoms with Crippen LogP contribution in [0.5, 0.6) is 0 Å². The molecule has 1 fully saturated rings. The summed E-state index contributed by atoms with van der Waals surface area (Å²) in [6.45, 7) is 6.57. The molecule has 0 radical (unpaired) electrons. The Labute approximate surface area is 95.5 Å². The summed E-state index contributed by atoms with van der Waals surface area (Å²) in [5.74, 6) is 1.04. The Morgan fingerprint density at radius 2 is 2.07 bits per heavy atom. The summed E-state index contributed by atoms with van der Waals surface area (Å²) in [6, 6.07) is 4.10. The molecule has 0 amide bonds. The quantitative estimate of drug-likeness (QED) is 0.706. The fourth-order valence-electron chi connectivity index (χ4n) is 1.58. The highest BCUT2D eigenvalue weighted by atomic mass is 32.1. The third kappa shape index (κ3) is 2.69. The SMILES string of the molecule is CC(C)(C)c1ccc(C(=O)CC2CC2)s1. The summed E-state index contributed by atoms with van der Waals surface area (Å²) in [5.41, 5.74) is 0.169. The first-order valence-electron chi connectivity index (χ1n) is 5.60. The van der Waals surface area contributed by atoms with Crippen LogP contribution in [0.25, 0.3) is 0 Å². The molecule has 1 aliphatic rings. The monoisotopic (exact) mass is 222 g/mol. The molecule has 1 aliphatic carbocycles. The maximum Gasteiger partial charge on any atom is 0.173 e. The fraction of sp³-hybridized carbons (Fsp3) is 0.615. The second kappa shape index (κ2) is 3.75. The first-order valence-corrected chi connectivity index (χ1v) is 6.42. The molecule has 0 saturated heterocycles. The van der Waals surface area contributed by atoms with Gasteiger partial charge in [0, 0.05) is 11.3 Å². The van der Waals surface area contributed by atoms with Gasteiger partial charge in [-0.1, -0.05) is 20.8 Å². The van der Waals surface area contributed by atoms with Gasteiger partial charge in [0.1, 0.15) is 0 Å². The van der Waals surface area contributed by atoms with E-state index in [0.717, 1.165) is 11.3 Å². The smallest absolute Gasteiger partial charge is 0.173 e. The van der Waals surface area contributed by atoms with Gasteiger partial charge in [-0.05, 0) is 36.3 Å². The van der Waals surface area contributed by atoms with Gasteiger partial charge in [0.25, 0.3) is 0 Å². The second-order valence-electron chi connectivity index (χ2n) is 5.48. The van der Waals surface area contributed by atoms with Gasteiger partial charge in [0.15, 0.2) is 5.78 Å². The lowest BCUT2D eigenvalue weighted by atomic mass is 9.95. The zero-order chi connectivity index (χ0) is 11.1. The lowest BCUT2D eigenvalue weighted by Crippen LogP contribution is -2.07. The molecule has 2 heteroatoms. The lowest BCUT2D eigenvalue weighted by molar-refractivity contribution is 0.0980. The number of Topliss-reactive ketones (excluding diaryl/α,β-unsaturated/α-hetero) is 1. The predicted octanol–water partition coefficient (Wildman–Crippen LogP) is 4.03. The van der Waals surface area contributed by atoms with Crippen molar-refractivity contribution in [3.8, 4) is 0 Å². The molecule has 1 saturated carbocycles. The molecule has 82 valence electrons. The molecule has 1 heterocycles. The minimum absolute atomic E-state index is 0.169. The lowest BCUT2D eigenvalue weighted by Gasteiger charge is -2.15. The number of carbonyl (C=O) groups excluding carboxylic acids is 1. The molecule has 0 bridgehead atoms. The summed E-state index contributed by atoms with van der Waals surface area (Å²) in [4.78, 5) is 14.1. The summed E-state index contributed by atoms with van der Waals surface area (Å²) >= 11 is 1.67. The first kappa shape index (κ1) is 10.9. The van der Waals surface area contributed by atoms with Crippen molar-refractivity contribution in [3.05, 3.63) is 21.9 Å². The van der Waals surface area contributed by atoms with Crippen LogP contribution in [-0.4, -0.2) is 5.78 Å². The van der Waals surface area contributed by atoms with E-state index in [-0.39, 0.29) is 5.41 Å². The minimum Gasteiger partial charge on any atom is -0.293 e. The van der Waals surface area contributed by atoms with Gasteiger partial charge in [-0.15, -0.1) is 11.3 Å². The van der Waals surface area contributed by atoms with Crippen molar-refractivity contribution in [2.45, 2.75) is 45.4 Å². The van der Waals surface area contributed by atoms with E-state index in [2.05, 4.69) is 26.8 Å². The standard InChI is InChI=1S/C13H18OS/c1-13(2,3)12-7-6-11(15-12)10(14)8-9-4-5-9/h6-7,9H,4-5,8H2,1-3H3. The van der Waals surface area contributed by atoms with Gasteiger partial charge in [0.2, 0.25) is 0 Å². The zero-order valence-electron chi connectivity index (χ0n) is 9.67. The molecule has 1 aromatic rings. The van der Waals surface area contributed by atoms with E-state index >= 15 is 0 Å². The molecule has 15 heavy (non-hydrogen) atoms. The molecule has 2 rings (SSSR count). The Morgan fingerprint density at radius 1 is 1.40 bits per heavy atom. The van der Waals surface area contributed by atoms with Crippen LogP contribution >= 0.6 is 11.3 Å². The highest BCUT2D eigenvalue weighted by Crippen LogP contribution is 2.35. The van der Waals surface area contributed by atoms with E-state index in [1.807, 2.05) is 6.07 Å². The number of ketones is 1. The number of thiophene rings is 1. The Hall–Kier alpha value is -0.630. The second-order valence-corrected chi connectivity index (χ2v) is 6.57. The van der Waals surface area contributed by atoms with Crippen LogP contribution in [0.4, 0.5) is 0 Å². The summed E-state index contributed by atoms with van der Waals surface area (Å²) in [5, 5.41) is 0. The van der Waals surface area contributed by atoms with Crippen molar-refractivity contribution in [2.75, 3.05) is 0 Å². The maximum atomic E-state index is 11.8. The van der Waals surface area contributed by atoms with Gasteiger partial charge in [-0.3, -0.25) is 4.79 Å². The average molecular weight is 222 g/mol. The van der Waals surface area contributed by atoms with Crippen LogP contribution in [-0.2, 0) is 5.41 Å². The summed E-state index contributed by atoms with van der Waals surface area (Å²) in [6.07, 6.45) is 3.27. The van der Waals surface area contributed by atoms with Crippen LogP contribution < -0.4 is 0 Å². The van der Waals surface area contributed by atoms with E-state index in [1.54, 1.807) is 11.3 Å². The predicted molar refractivity (Wildman–Crippen MR) is 64.7 cm³/mol. The van der Waals surface area contributed by atoms with E-state index in [1.165, 1.54) is 17.7 Å². The van der Waals surface area contributed by atoms with E-state index in [0.29, 0.717) is 11.7 Å². The number of rotatable bonds is 3. The molecule has 0 aliphatic heterocycles. The minimum atomic E-state index is 0.169. The van der Waals surface area contributed by atoms with Crippen LogP contribution in [0.2, 0.25) is 0 Å². The fourth-order valence-corrected chi connectivity index (χ4v) is 2.59. The molecule has 0 aromatic carbocycles. The van der Waals surface area contributed by atoms with Gasteiger partial charge in [0.05, 0.1) is 4.88 Å². The zero-order valence-corrected chi connectivity index (χ0v) is 10.5. The van der Waals surface area contributed by atoms with Crippen molar-refractivity contribution in [1.82, 2.24) is 0 Å². The van der Waals surface area contributed by atoms with Gasteiger partial charge in [-0.25, -0.2) is 0 Å². The Kier molecular flexibility index (Phi) is 2.72. The molecular formula is C13H18OS. The third-order valence-corrected chi connectivity index (χ3v) is 4.34. The molecule has 0 unspecified atom stereocenters. The largest absolute Gasteiger partial charge is 0.293 e. The van der Waals surface area contributed by atoms with E-state index in [9.17, 15) is 4.79 Å². The topological polar surface area (TPSA) is 17.1 Å². The van der Waals surface area contributed by atoms with Crippen molar-refractivity contribution in [2.24, 2.45) is 5.92 Å². The normalized spacial score (nSPS) is 16.7. The van der Waals surface area contributed by atoms with Gasteiger partial charge in [-0.2, -0.15) is 0 Å². The van der Waals surface area contributed by atoms with Gasteiger partial charge < -0.3 is 0 Å². The maximum absolute atomic E-state index is 11.8. The highest BCUT2D eigenvalue weighted by molar-refractivity contribution is 7.14. The molecule has 0 spiro atoms.